The standard InChI is InChI=1S/C22H22N4OS/c1-4-16-6-8-18(9-7-16)23-20(27)13-28-22-25-24-21-15(3)12-17-11-14(2)5-10-19(17)26(21)22/h5-12H,4,13H2,1-3H3,(H,23,27). The third kappa shape index (κ3) is 3.60. The van der Waals surface area contributed by atoms with E-state index in [9.17, 15) is 4.79 Å². The van der Waals surface area contributed by atoms with Gasteiger partial charge in [-0.3, -0.25) is 9.20 Å². The van der Waals surface area contributed by atoms with Gasteiger partial charge >= 0.3 is 0 Å². The third-order valence-electron chi connectivity index (χ3n) is 4.76. The average Bonchev–Trinajstić information content (AvgIpc) is 3.12. The largest absolute Gasteiger partial charge is 0.325 e. The smallest absolute Gasteiger partial charge is 0.234 e. The molecular formula is C22H22N4OS. The molecule has 4 aromatic rings. The predicted octanol–water partition coefficient (Wildman–Crippen LogP) is 4.79. The first-order valence-electron chi connectivity index (χ1n) is 9.32. The molecule has 0 aliphatic carbocycles. The zero-order chi connectivity index (χ0) is 19.7. The number of rotatable bonds is 5. The molecule has 1 amide bonds. The molecule has 2 aromatic carbocycles. The summed E-state index contributed by atoms with van der Waals surface area (Å²) in [6, 6.07) is 16.4. The Balaban J connectivity index is 1.56. The van der Waals surface area contributed by atoms with Crippen molar-refractivity contribution in [2.24, 2.45) is 0 Å². The van der Waals surface area contributed by atoms with Crippen LogP contribution in [0, 0.1) is 13.8 Å². The monoisotopic (exact) mass is 390 g/mol. The van der Waals surface area contributed by atoms with Crippen LogP contribution < -0.4 is 5.32 Å². The van der Waals surface area contributed by atoms with E-state index in [0.29, 0.717) is 0 Å². The summed E-state index contributed by atoms with van der Waals surface area (Å²) in [4.78, 5) is 12.4. The number of nitrogens with one attached hydrogen (secondary N) is 1. The molecule has 2 aromatic heterocycles. The van der Waals surface area contributed by atoms with Gasteiger partial charge in [-0.15, -0.1) is 10.2 Å². The molecule has 0 aliphatic heterocycles. The van der Waals surface area contributed by atoms with Gasteiger partial charge in [-0.25, -0.2) is 0 Å². The number of nitrogens with zero attached hydrogens (tertiary/aromatic N) is 3. The molecule has 5 nitrogen and oxygen atoms in total. The van der Waals surface area contributed by atoms with Crippen molar-refractivity contribution in [3.8, 4) is 0 Å². The lowest BCUT2D eigenvalue weighted by Gasteiger charge is -2.08. The Morgan fingerprint density at radius 3 is 2.61 bits per heavy atom. The van der Waals surface area contributed by atoms with Crippen LogP contribution in [-0.2, 0) is 11.2 Å². The topological polar surface area (TPSA) is 59.3 Å². The minimum absolute atomic E-state index is 0.0567. The number of anilines is 1. The van der Waals surface area contributed by atoms with Crippen molar-refractivity contribution in [1.29, 1.82) is 0 Å². The summed E-state index contributed by atoms with van der Waals surface area (Å²) in [7, 11) is 0. The van der Waals surface area contributed by atoms with Gasteiger partial charge in [0.2, 0.25) is 5.91 Å². The minimum Gasteiger partial charge on any atom is -0.325 e. The Kier molecular flexibility index (Phi) is 5.05. The van der Waals surface area contributed by atoms with Gasteiger partial charge in [0.25, 0.3) is 0 Å². The fraction of sp³-hybridized carbons (Fsp3) is 0.227. The predicted molar refractivity (Wildman–Crippen MR) is 115 cm³/mol. The van der Waals surface area contributed by atoms with Crippen molar-refractivity contribution in [3.05, 3.63) is 65.2 Å². The van der Waals surface area contributed by atoms with Crippen molar-refractivity contribution in [2.75, 3.05) is 11.1 Å². The summed E-state index contributed by atoms with van der Waals surface area (Å²) in [5, 5.41) is 13.5. The van der Waals surface area contributed by atoms with Crippen LogP contribution in [0.4, 0.5) is 5.69 Å². The van der Waals surface area contributed by atoms with E-state index in [2.05, 4.69) is 53.6 Å². The summed E-state index contributed by atoms with van der Waals surface area (Å²) in [5.41, 5.74) is 6.22. The summed E-state index contributed by atoms with van der Waals surface area (Å²) in [5.74, 6) is 0.219. The van der Waals surface area contributed by atoms with Crippen molar-refractivity contribution in [3.63, 3.8) is 0 Å². The number of benzene rings is 2. The first-order valence-corrected chi connectivity index (χ1v) is 10.3. The highest BCUT2D eigenvalue weighted by molar-refractivity contribution is 7.99. The highest BCUT2D eigenvalue weighted by Crippen LogP contribution is 2.26. The first kappa shape index (κ1) is 18.5. The summed E-state index contributed by atoms with van der Waals surface area (Å²) < 4.78 is 2.04. The quantitative estimate of drug-likeness (QED) is 0.498. The van der Waals surface area contributed by atoms with Gasteiger partial charge in [0, 0.05) is 5.69 Å². The van der Waals surface area contributed by atoms with E-state index in [1.807, 2.05) is 35.6 Å². The zero-order valence-corrected chi connectivity index (χ0v) is 17.0. The Morgan fingerprint density at radius 2 is 1.86 bits per heavy atom. The fourth-order valence-electron chi connectivity index (χ4n) is 3.28. The third-order valence-corrected chi connectivity index (χ3v) is 5.69. The number of aromatic nitrogens is 3. The fourth-order valence-corrected chi connectivity index (χ4v) is 4.02. The van der Waals surface area contributed by atoms with E-state index in [1.165, 1.54) is 22.9 Å². The Morgan fingerprint density at radius 1 is 1.07 bits per heavy atom. The van der Waals surface area contributed by atoms with Crippen LogP contribution in [0.3, 0.4) is 0 Å². The molecule has 1 N–H and O–H groups in total. The molecular weight excluding hydrogens is 368 g/mol. The molecule has 2 heterocycles. The van der Waals surface area contributed by atoms with E-state index in [4.69, 9.17) is 0 Å². The number of hydrogen-bond acceptors (Lipinski definition) is 4. The molecule has 0 aliphatic rings. The summed E-state index contributed by atoms with van der Waals surface area (Å²) in [6.45, 7) is 6.23. The normalized spacial score (nSPS) is 11.2. The Bertz CT molecular complexity index is 1160. The number of carbonyl (C=O) groups is 1. The number of pyridine rings is 1. The molecule has 0 atom stereocenters. The van der Waals surface area contributed by atoms with Gasteiger partial charge < -0.3 is 5.32 Å². The maximum absolute atomic E-state index is 12.4. The Labute approximate surface area is 168 Å². The molecule has 0 bridgehead atoms. The number of carbonyl (C=O) groups excluding carboxylic acids is 1. The van der Waals surface area contributed by atoms with Crippen molar-refractivity contribution >= 4 is 39.9 Å². The van der Waals surface area contributed by atoms with Crippen LogP contribution in [0.25, 0.3) is 16.6 Å². The number of aryl methyl sites for hydroxylation is 3. The lowest BCUT2D eigenvalue weighted by atomic mass is 10.1. The molecule has 0 radical (unpaired) electrons. The molecule has 0 spiro atoms. The number of hydrogen-bond donors (Lipinski definition) is 1. The van der Waals surface area contributed by atoms with Crippen LogP contribution in [0.5, 0.6) is 0 Å². The van der Waals surface area contributed by atoms with Gasteiger partial charge in [0.05, 0.1) is 11.3 Å². The lowest BCUT2D eigenvalue weighted by Crippen LogP contribution is -2.14. The van der Waals surface area contributed by atoms with Crippen molar-refractivity contribution in [1.82, 2.24) is 14.6 Å². The first-order chi connectivity index (χ1) is 13.5. The number of amides is 1. The molecule has 4 rings (SSSR count). The molecule has 0 saturated heterocycles. The van der Waals surface area contributed by atoms with E-state index in [-0.39, 0.29) is 11.7 Å². The molecule has 0 fully saturated rings. The van der Waals surface area contributed by atoms with Gasteiger partial charge in [-0.1, -0.05) is 42.4 Å². The molecule has 28 heavy (non-hydrogen) atoms. The van der Waals surface area contributed by atoms with Crippen LogP contribution >= 0.6 is 11.8 Å². The molecule has 142 valence electrons. The van der Waals surface area contributed by atoms with Gasteiger partial charge in [0.15, 0.2) is 10.8 Å². The van der Waals surface area contributed by atoms with E-state index >= 15 is 0 Å². The highest BCUT2D eigenvalue weighted by Gasteiger charge is 2.14. The van der Waals surface area contributed by atoms with Crippen LogP contribution in [-0.4, -0.2) is 26.3 Å². The SMILES string of the molecule is CCc1ccc(NC(=O)CSc2nnc3c(C)cc4cc(C)ccc4n23)cc1. The van der Waals surface area contributed by atoms with Gasteiger partial charge in [-0.05, 0) is 67.1 Å². The van der Waals surface area contributed by atoms with E-state index in [1.54, 1.807) is 0 Å². The van der Waals surface area contributed by atoms with Gasteiger partial charge in [-0.2, -0.15) is 0 Å². The summed E-state index contributed by atoms with van der Waals surface area (Å²) in [6.07, 6.45) is 0.983. The second-order valence-electron chi connectivity index (χ2n) is 6.92. The van der Waals surface area contributed by atoms with E-state index < -0.39 is 0 Å². The summed E-state index contributed by atoms with van der Waals surface area (Å²) >= 11 is 1.40. The maximum atomic E-state index is 12.4. The van der Waals surface area contributed by atoms with Crippen LogP contribution in [0.1, 0.15) is 23.6 Å². The maximum Gasteiger partial charge on any atom is 0.234 e. The highest BCUT2D eigenvalue weighted by atomic mass is 32.2. The van der Waals surface area contributed by atoms with Gasteiger partial charge in [0.1, 0.15) is 0 Å². The van der Waals surface area contributed by atoms with Crippen molar-refractivity contribution in [2.45, 2.75) is 32.3 Å². The minimum atomic E-state index is -0.0567. The lowest BCUT2D eigenvalue weighted by molar-refractivity contribution is -0.113. The van der Waals surface area contributed by atoms with Crippen LogP contribution in [0.15, 0.2) is 53.7 Å². The molecule has 0 saturated carbocycles. The average molecular weight is 391 g/mol. The Hall–Kier alpha value is -2.86. The number of thioether (sulfide) groups is 1. The van der Waals surface area contributed by atoms with E-state index in [0.717, 1.165) is 39.4 Å². The second kappa shape index (κ2) is 7.64. The second-order valence-corrected chi connectivity index (χ2v) is 7.86. The van der Waals surface area contributed by atoms with Crippen molar-refractivity contribution < 1.29 is 4.79 Å². The van der Waals surface area contributed by atoms with Crippen LogP contribution in [0.2, 0.25) is 0 Å². The number of fused-ring (bicyclic) bond motifs is 3. The zero-order valence-electron chi connectivity index (χ0n) is 16.2. The molecule has 0 unspecified atom stereocenters. The molecule has 6 heteroatoms.